The van der Waals surface area contributed by atoms with E-state index in [9.17, 15) is 5.26 Å². The van der Waals surface area contributed by atoms with Crippen LogP contribution in [-0.2, 0) is 0 Å². The lowest BCUT2D eigenvalue weighted by Gasteiger charge is -2.14. The number of fused-ring (bicyclic) bond motifs is 6. The van der Waals surface area contributed by atoms with E-state index in [4.69, 9.17) is 9.97 Å². The fourth-order valence-corrected chi connectivity index (χ4v) is 9.69. The molecule has 10 aromatic rings. The van der Waals surface area contributed by atoms with E-state index in [0.717, 1.165) is 39.2 Å². The highest BCUT2D eigenvalue weighted by atomic mass is 32.1. The quantitative estimate of drug-likeness (QED) is 0.180. The number of benzene rings is 7. The summed E-state index contributed by atoms with van der Waals surface area (Å²) in [5.41, 5.74) is 9.83. The molecule has 0 saturated carbocycles. The second-order valence-electron chi connectivity index (χ2n) is 12.9. The van der Waals surface area contributed by atoms with Crippen molar-refractivity contribution in [1.82, 2.24) is 9.97 Å². The number of nitrogens with zero attached hydrogens (tertiary/aromatic N) is 3. The van der Waals surface area contributed by atoms with Crippen molar-refractivity contribution in [3.8, 4) is 62.2 Å². The van der Waals surface area contributed by atoms with Gasteiger partial charge in [0.15, 0.2) is 5.82 Å². The fourth-order valence-electron chi connectivity index (χ4n) is 7.21. The van der Waals surface area contributed by atoms with Gasteiger partial charge in [0.2, 0.25) is 0 Å². The van der Waals surface area contributed by atoms with Gasteiger partial charge >= 0.3 is 0 Å². The standard InChI is InChI=1S/C47H27N3S2/c48-28-29-20-22-30(23-21-29)41-27-42(50-47(49-41)31-10-2-1-3-11-31)34-25-32(35-14-8-16-39-37-12-4-6-18-43(37)51-45(35)39)24-33(26-34)36-15-9-17-40-38-13-5-7-19-44(38)52-46(36)40/h1-27H. The third-order valence-corrected chi connectivity index (χ3v) is 12.2. The molecular formula is C47H27N3S2. The number of rotatable bonds is 5. The molecule has 0 fully saturated rings. The Hall–Kier alpha value is -6.45. The van der Waals surface area contributed by atoms with Crippen molar-refractivity contribution in [1.29, 1.82) is 5.26 Å². The number of hydrogen-bond acceptors (Lipinski definition) is 5. The first-order valence-corrected chi connectivity index (χ1v) is 18.8. The van der Waals surface area contributed by atoms with Crippen LogP contribution in [0.1, 0.15) is 5.56 Å². The second kappa shape index (κ2) is 12.4. The first kappa shape index (κ1) is 30.4. The van der Waals surface area contributed by atoms with Gasteiger partial charge in [-0.25, -0.2) is 9.97 Å². The molecule has 0 spiro atoms. The number of thiophene rings is 2. The molecule has 0 atom stereocenters. The number of aromatic nitrogens is 2. The van der Waals surface area contributed by atoms with Crippen LogP contribution in [0.3, 0.4) is 0 Å². The largest absolute Gasteiger partial charge is 0.228 e. The summed E-state index contributed by atoms with van der Waals surface area (Å²) in [6.07, 6.45) is 0. The summed E-state index contributed by atoms with van der Waals surface area (Å²) in [7, 11) is 0. The zero-order valence-corrected chi connectivity index (χ0v) is 29.4. The van der Waals surface area contributed by atoms with Gasteiger partial charge in [-0.2, -0.15) is 5.26 Å². The number of hydrogen-bond donors (Lipinski definition) is 0. The molecule has 0 unspecified atom stereocenters. The lowest BCUT2D eigenvalue weighted by atomic mass is 9.93. The van der Waals surface area contributed by atoms with E-state index in [-0.39, 0.29) is 0 Å². The smallest absolute Gasteiger partial charge is 0.160 e. The fraction of sp³-hybridized carbons (Fsp3) is 0. The lowest BCUT2D eigenvalue weighted by molar-refractivity contribution is 1.18. The summed E-state index contributed by atoms with van der Waals surface area (Å²) in [6, 6.07) is 59.7. The van der Waals surface area contributed by atoms with Crippen molar-refractivity contribution in [2.45, 2.75) is 0 Å². The van der Waals surface area contributed by atoms with Gasteiger partial charge in [0, 0.05) is 57.0 Å². The predicted octanol–water partition coefficient (Wildman–Crippen LogP) is 13.4. The predicted molar refractivity (Wildman–Crippen MR) is 220 cm³/mol. The Balaban J connectivity index is 1.25. The van der Waals surface area contributed by atoms with Gasteiger partial charge in [0.1, 0.15) is 0 Å². The van der Waals surface area contributed by atoms with E-state index in [1.54, 1.807) is 0 Å². The molecule has 0 radical (unpaired) electrons. The lowest BCUT2D eigenvalue weighted by Crippen LogP contribution is -1.96. The highest BCUT2D eigenvalue weighted by molar-refractivity contribution is 7.26. The van der Waals surface area contributed by atoms with Gasteiger partial charge in [0.25, 0.3) is 0 Å². The third kappa shape index (κ3) is 5.17. The van der Waals surface area contributed by atoms with Crippen molar-refractivity contribution in [3.05, 3.63) is 169 Å². The van der Waals surface area contributed by atoms with Crippen LogP contribution in [0.25, 0.3) is 96.5 Å². The Labute approximate surface area is 308 Å². The second-order valence-corrected chi connectivity index (χ2v) is 15.0. The van der Waals surface area contributed by atoms with Gasteiger partial charge in [-0.15, -0.1) is 22.7 Å². The van der Waals surface area contributed by atoms with Crippen molar-refractivity contribution >= 4 is 63.0 Å². The Morgan fingerprint density at radius 3 is 1.48 bits per heavy atom. The highest BCUT2D eigenvalue weighted by Crippen LogP contribution is 2.45. The van der Waals surface area contributed by atoms with Gasteiger partial charge in [-0.3, -0.25) is 0 Å². The zero-order chi connectivity index (χ0) is 34.6. The molecule has 7 aromatic carbocycles. The maximum absolute atomic E-state index is 9.46. The topological polar surface area (TPSA) is 49.6 Å². The molecule has 0 amide bonds. The molecule has 3 nitrogen and oxygen atoms in total. The van der Waals surface area contributed by atoms with Crippen molar-refractivity contribution < 1.29 is 0 Å². The summed E-state index contributed by atoms with van der Waals surface area (Å²) >= 11 is 3.70. The average Bonchev–Trinajstić information content (AvgIpc) is 3.80. The van der Waals surface area contributed by atoms with Crippen LogP contribution in [0, 0.1) is 11.3 Å². The van der Waals surface area contributed by atoms with Crippen LogP contribution in [-0.4, -0.2) is 9.97 Å². The maximum atomic E-state index is 9.46. The SMILES string of the molecule is N#Cc1ccc(-c2cc(-c3cc(-c4cccc5c4sc4ccccc45)cc(-c4cccc5c4sc4ccccc45)c3)nc(-c3ccccc3)n2)cc1. The minimum atomic E-state index is 0.615. The van der Waals surface area contributed by atoms with Crippen LogP contribution in [0.15, 0.2) is 164 Å². The molecule has 3 heterocycles. The Morgan fingerprint density at radius 1 is 0.404 bits per heavy atom. The minimum Gasteiger partial charge on any atom is -0.228 e. The molecule has 242 valence electrons. The summed E-state index contributed by atoms with van der Waals surface area (Å²) in [5.74, 6) is 0.655. The molecule has 5 heteroatoms. The molecule has 0 N–H and O–H groups in total. The van der Waals surface area contributed by atoms with Gasteiger partial charge < -0.3 is 0 Å². The van der Waals surface area contributed by atoms with Gasteiger partial charge in [-0.1, -0.05) is 115 Å². The molecule has 52 heavy (non-hydrogen) atoms. The monoisotopic (exact) mass is 697 g/mol. The minimum absolute atomic E-state index is 0.615. The summed E-state index contributed by atoms with van der Waals surface area (Å²) < 4.78 is 5.12. The van der Waals surface area contributed by atoms with Crippen LogP contribution < -0.4 is 0 Å². The first-order chi connectivity index (χ1) is 25.7. The van der Waals surface area contributed by atoms with E-state index in [2.05, 4.69) is 115 Å². The van der Waals surface area contributed by atoms with E-state index < -0.39 is 0 Å². The molecule has 10 rings (SSSR count). The van der Waals surface area contributed by atoms with Gasteiger partial charge in [-0.05, 0) is 70.8 Å². The Bertz CT molecular complexity index is 2890. The highest BCUT2D eigenvalue weighted by Gasteiger charge is 2.18. The Morgan fingerprint density at radius 2 is 0.904 bits per heavy atom. The zero-order valence-electron chi connectivity index (χ0n) is 27.7. The van der Waals surface area contributed by atoms with Crippen LogP contribution in [0.4, 0.5) is 0 Å². The molecule has 0 aliphatic heterocycles. The molecular weight excluding hydrogens is 671 g/mol. The average molecular weight is 698 g/mol. The first-order valence-electron chi connectivity index (χ1n) is 17.1. The normalized spacial score (nSPS) is 11.4. The van der Waals surface area contributed by atoms with Crippen molar-refractivity contribution in [2.24, 2.45) is 0 Å². The molecule has 3 aromatic heterocycles. The van der Waals surface area contributed by atoms with E-state index in [0.29, 0.717) is 11.4 Å². The van der Waals surface area contributed by atoms with E-state index >= 15 is 0 Å². The van der Waals surface area contributed by atoms with Crippen LogP contribution in [0.2, 0.25) is 0 Å². The third-order valence-electron chi connectivity index (χ3n) is 9.73. The van der Waals surface area contributed by atoms with E-state index in [1.807, 2.05) is 77.3 Å². The Kier molecular flexibility index (Phi) is 7.24. The van der Waals surface area contributed by atoms with E-state index in [1.165, 1.54) is 51.5 Å². The molecule has 0 aliphatic carbocycles. The van der Waals surface area contributed by atoms with Crippen LogP contribution >= 0.6 is 22.7 Å². The number of nitriles is 1. The van der Waals surface area contributed by atoms with Crippen LogP contribution in [0.5, 0.6) is 0 Å². The van der Waals surface area contributed by atoms with Gasteiger partial charge in [0.05, 0.1) is 23.0 Å². The molecule has 0 aliphatic rings. The summed E-state index contributed by atoms with van der Waals surface area (Å²) in [4.78, 5) is 10.3. The molecule has 0 saturated heterocycles. The van der Waals surface area contributed by atoms with Crippen molar-refractivity contribution in [2.75, 3.05) is 0 Å². The van der Waals surface area contributed by atoms with Crippen molar-refractivity contribution in [3.63, 3.8) is 0 Å². The maximum Gasteiger partial charge on any atom is 0.160 e. The molecule has 0 bridgehead atoms. The summed E-state index contributed by atoms with van der Waals surface area (Å²) in [5, 5.41) is 14.6. The summed E-state index contributed by atoms with van der Waals surface area (Å²) in [6.45, 7) is 0.